The SMILES string of the molecule is CN1CCN(Cc2ccc(Nc3nc(N4CCC[C@@H](NC(=O)c5ccc(C6CC6)cc5F)C4)cnc3C(N)=O)cc2)CC1. The van der Waals surface area contributed by atoms with E-state index >= 15 is 0 Å². The molecule has 3 aromatic rings. The molecule has 1 aromatic heterocycles. The third kappa shape index (κ3) is 7.11. The van der Waals surface area contributed by atoms with Gasteiger partial charge in [-0.15, -0.1) is 0 Å². The van der Waals surface area contributed by atoms with Crippen molar-refractivity contribution in [2.45, 2.75) is 44.2 Å². The van der Waals surface area contributed by atoms with Crippen molar-refractivity contribution in [3.8, 4) is 0 Å². The first kappa shape index (κ1) is 29.0. The maximum absolute atomic E-state index is 14.7. The summed E-state index contributed by atoms with van der Waals surface area (Å²) in [5, 5.41) is 6.22. The molecular formula is C32H39FN8O2. The summed E-state index contributed by atoms with van der Waals surface area (Å²) in [7, 11) is 2.15. The van der Waals surface area contributed by atoms with E-state index in [0.717, 1.165) is 69.7 Å². The van der Waals surface area contributed by atoms with Gasteiger partial charge in [0.25, 0.3) is 11.8 Å². The fourth-order valence-electron chi connectivity index (χ4n) is 5.85. The van der Waals surface area contributed by atoms with Gasteiger partial charge in [-0.25, -0.2) is 14.4 Å². The number of halogens is 1. The lowest BCUT2D eigenvalue weighted by Gasteiger charge is -2.34. The summed E-state index contributed by atoms with van der Waals surface area (Å²) in [5.74, 6) is -0.303. The zero-order valence-corrected chi connectivity index (χ0v) is 24.6. The molecule has 226 valence electrons. The third-order valence-electron chi connectivity index (χ3n) is 8.58. The highest BCUT2D eigenvalue weighted by molar-refractivity contribution is 5.96. The molecule has 1 atom stereocenters. The number of benzene rings is 2. The summed E-state index contributed by atoms with van der Waals surface area (Å²) in [6.07, 6.45) is 5.26. The first-order valence-electron chi connectivity index (χ1n) is 15.1. The van der Waals surface area contributed by atoms with Crippen molar-refractivity contribution in [1.29, 1.82) is 0 Å². The molecule has 2 aliphatic heterocycles. The Hall–Kier alpha value is -4.09. The molecule has 1 saturated carbocycles. The van der Waals surface area contributed by atoms with Crippen LogP contribution >= 0.6 is 0 Å². The molecule has 6 rings (SSSR count). The Morgan fingerprint density at radius 2 is 1.79 bits per heavy atom. The van der Waals surface area contributed by atoms with Crippen molar-refractivity contribution in [2.24, 2.45) is 5.73 Å². The minimum absolute atomic E-state index is 0.0530. The number of carbonyl (C=O) groups excluding carboxylic acids is 2. The number of nitrogens with zero attached hydrogens (tertiary/aromatic N) is 5. The molecule has 0 spiro atoms. The maximum Gasteiger partial charge on any atom is 0.271 e. The number of nitrogens with one attached hydrogen (secondary N) is 2. The summed E-state index contributed by atoms with van der Waals surface area (Å²) in [6, 6.07) is 12.8. The molecule has 0 bridgehead atoms. The zero-order chi connectivity index (χ0) is 29.9. The second-order valence-electron chi connectivity index (χ2n) is 12.0. The normalized spacial score (nSPS) is 19.7. The molecule has 3 aliphatic rings. The Balaban J connectivity index is 1.11. The summed E-state index contributed by atoms with van der Waals surface area (Å²) in [6.45, 7) is 6.32. The van der Waals surface area contributed by atoms with Crippen molar-refractivity contribution < 1.29 is 14.0 Å². The molecule has 1 aliphatic carbocycles. The van der Waals surface area contributed by atoms with Crippen molar-refractivity contribution in [2.75, 3.05) is 56.5 Å². The van der Waals surface area contributed by atoms with Crippen molar-refractivity contribution in [1.82, 2.24) is 25.1 Å². The Bertz CT molecular complexity index is 1470. The molecule has 11 heteroatoms. The molecular weight excluding hydrogens is 547 g/mol. The summed E-state index contributed by atoms with van der Waals surface area (Å²) < 4.78 is 14.7. The average Bonchev–Trinajstić information content (AvgIpc) is 3.85. The van der Waals surface area contributed by atoms with Gasteiger partial charge in [0.1, 0.15) is 11.6 Å². The van der Waals surface area contributed by atoms with Gasteiger partial charge in [0, 0.05) is 57.5 Å². The van der Waals surface area contributed by atoms with E-state index in [1.165, 1.54) is 17.8 Å². The lowest BCUT2D eigenvalue weighted by atomic mass is 10.0. The van der Waals surface area contributed by atoms with Gasteiger partial charge in [0.15, 0.2) is 11.5 Å². The largest absolute Gasteiger partial charge is 0.364 e. The number of amides is 2. The smallest absolute Gasteiger partial charge is 0.271 e. The van der Waals surface area contributed by atoms with E-state index in [1.807, 2.05) is 23.1 Å². The van der Waals surface area contributed by atoms with E-state index in [1.54, 1.807) is 6.07 Å². The number of hydrogen-bond donors (Lipinski definition) is 3. The van der Waals surface area contributed by atoms with Crippen LogP contribution in [0.4, 0.5) is 21.7 Å². The van der Waals surface area contributed by atoms with Crippen LogP contribution in [0.2, 0.25) is 0 Å². The van der Waals surface area contributed by atoms with E-state index in [4.69, 9.17) is 10.7 Å². The van der Waals surface area contributed by atoms with Crippen molar-refractivity contribution in [3.05, 3.63) is 76.9 Å². The highest BCUT2D eigenvalue weighted by Crippen LogP contribution is 2.40. The molecule has 2 amide bonds. The van der Waals surface area contributed by atoms with Crippen LogP contribution in [0.15, 0.2) is 48.7 Å². The zero-order valence-electron chi connectivity index (χ0n) is 24.6. The van der Waals surface area contributed by atoms with Gasteiger partial charge in [-0.3, -0.25) is 14.5 Å². The Morgan fingerprint density at radius 1 is 1.02 bits per heavy atom. The second-order valence-corrected chi connectivity index (χ2v) is 12.0. The van der Waals surface area contributed by atoms with E-state index in [2.05, 4.69) is 44.6 Å². The Labute approximate surface area is 251 Å². The predicted molar refractivity (Wildman–Crippen MR) is 164 cm³/mol. The van der Waals surface area contributed by atoms with Gasteiger partial charge in [0.2, 0.25) is 0 Å². The number of nitrogens with two attached hydrogens (primary N) is 1. The molecule has 2 saturated heterocycles. The first-order valence-corrected chi connectivity index (χ1v) is 15.1. The standard InChI is InChI=1S/C32H39FN8O2/c1-39-13-15-40(16-14-39)19-21-4-9-24(10-5-21)36-31-29(30(34)42)35-18-28(38-31)41-12-2-3-25(20-41)37-32(43)26-11-8-23(17-27(26)33)22-6-7-22/h4-5,8-11,17-18,22,25H,2-3,6-7,12-16,19-20H2,1H3,(H2,34,42)(H,36,38)(H,37,43)/t25-/m1/s1. The van der Waals surface area contributed by atoms with Gasteiger partial charge in [0.05, 0.1) is 11.8 Å². The Morgan fingerprint density at radius 3 is 2.49 bits per heavy atom. The van der Waals surface area contributed by atoms with Gasteiger partial charge in [-0.05, 0) is 74.0 Å². The molecule has 0 unspecified atom stereocenters. The molecule has 10 nitrogen and oxygen atoms in total. The van der Waals surface area contributed by atoms with Gasteiger partial charge in [-0.1, -0.05) is 18.2 Å². The van der Waals surface area contributed by atoms with E-state index < -0.39 is 17.6 Å². The Kier molecular flexibility index (Phi) is 8.53. The van der Waals surface area contributed by atoms with E-state index in [0.29, 0.717) is 24.8 Å². The average molecular weight is 587 g/mol. The minimum Gasteiger partial charge on any atom is -0.364 e. The number of carbonyl (C=O) groups is 2. The second kappa shape index (κ2) is 12.6. The van der Waals surface area contributed by atoms with Crippen molar-refractivity contribution in [3.63, 3.8) is 0 Å². The highest BCUT2D eigenvalue weighted by Gasteiger charge is 2.27. The summed E-state index contributed by atoms with van der Waals surface area (Å²) in [4.78, 5) is 41.0. The fourth-order valence-corrected chi connectivity index (χ4v) is 5.85. The molecule has 0 radical (unpaired) electrons. The van der Waals surface area contributed by atoms with Crippen LogP contribution in [0.1, 0.15) is 63.6 Å². The molecule has 2 aromatic carbocycles. The monoisotopic (exact) mass is 586 g/mol. The third-order valence-corrected chi connectivity index (χ3v) is 8.58. The number of piperazine rings is 1. The molecule has 43 heavy (non-hydrogen) atoms. The topological polar surface area (TPSA) is 120 Å². The van der Waals surface area contributed by atoms with Crippen LogP contribution in [0.5, 0.6) is 0 Å². The summed E-state index contributed by atoms with van der Waals surface area (Å²) >= 11 is 0. The number of anilines is 3. The number of aromatic nitrogens is 2. The van der Waals surface area contributed by atoms with Gasteiger partial charge in [-0.2, -0.15) is 0 Å². The number of rotatable bonds is 9. The van der Waals surface area contributed by atoms with Gasteiger partial charge < -0.3 is 26.2 Å². The number of primary amides is 1. The van der Waals surface area contributed by atoms with Crippen LogP contribution in [0, 0.1) is 5.82 Å². The summed E-state index contributed by atoms with van der Waals surface area (Å²) in [5.41, 5.74) is 8.69. The first-order chi connectivity index (χ1) is 20.8. The van der Waals surface area contributed by atoms with Crippen LogP contribution < -0.4 is 21.3 Å². The van der Waals surface area contributed by atoms with Gasteiger partial charge >= 0.3 is 0 Å². The number of likely N-dealkylation sites (N-methyl/N-ethyl adjacent to an activating group) is 1. The quantitative estimate of drug-likeness (QED) is 0.349. The number of piperidine rings is 1. The van der Waals surface area contributed by atoms with Crippen LogP contribution in [-0.4, -0.2) is 83.9 Å². The van der Waals surface area contributed by atoms with Crippen LogP contribution in [-0.2, 0) is 6.54 Å². The van der Waals surface area contributed by atoms with E-state index in [-0.39, 0.29) is 23.1 Å². The van der Waals surface area contributed by atoms with Crippen LogP contribution in [0.3, 0.4) is 0 Å². The number of hydrogen-bond acceptors (Lipinski definition) is 8. The van der Waals surface area contributed by atoms with Crippen molar-refractivity contribution >= 4 is 29.1 Å². The molecule has 4 N–H and O–H groups in total. The lowest BCUT2D eigenvalue weighted by molar-refractivity contribution is 0.0927. The molecule has 3 fully saturated rings. The molecule has 3 heterocycles. The lowest BCUT2D eigenvalue weighted by Crippen LogP contribution is -2.48. The van der Waals surface area contributed by atoms with E-state index in [9.17, 15) is 14.0 Å². The maximum atomic E-state index is 14.7. The minimum atomic E-state index is -0.674. The predicted octanol–water partition coefficient (Wildman–Crippen LogP) is 3.48. The highest BCUT2D eigenvalue weighted by atomic mass is 19.1. The fraction of sp³-hybridized carbons (Fsp3) is 0.438. The van der Waals surface area contributed by atoms with Crippen LogP contribution in [0.25, 0.3) is 0 Å².